The Hall–Kier alpha value is -1.85. The van der Waals surface area contributed by atoms with Crippen LogP contribution in [0.15, 0.2) is 6.33 Å². The molecule has 6 nitrogen and oxygen atoms in total. The predicted octanol–water partition coefficient (Wildman–Crippen LogP) is 0.432. The number of carbonyl (C=O) groups excluding carboxylic acids is 1. The molecule has 0 spiro atoms. The van der Waals surface area contributed by atoms with Crippen molar-refractivity contribution >= 4 is 17.5 Å². The van der Waals surface area contributed by atoms with E-state index >= 15 is 0 Å². The van der Waals surface area contributed by atoms with Crippen molar-refractivity contribution in [2.75, 3.05) is 30.3 Å². The molecule has 1 aromatic heterocycles. The average Bonchev–Trinajstić information content (AvgIpc) is 2.79. The zero-order valence-corrected chi connectivity index (χ0v) is 11.2. The highest BCUT2D eigenvalue weighted by molar-refractivity contribution is 5.79. The normalized spacial score (nSPS) is 22.8. The van der Waals surface area contributed by atoms with E-state index in [1.54, 1.807) is 0 Å². The van der Waals surface area contributed by atoms with Crippen molar-refractivity contribution < 1.29 is 4.79 Å². The summed E-state index contributed by atoms with van der Waals surface area (Å²) in [5.41, 5.74) is 6.94. The lowest BCUT2D eigenvalue weighted by Crippen LogP contribution is -2.52. The van der Waals surface area contributed by atoms with E-state index in [-0.39, 0.29) is 0 Å². The minimum atomic E-state index is 0.294. The van der Waals surface area contributed by atoms with Crippen molar-refractivity contribution in [3.63, 3.8) is 0 Å². The zero-order chi connectivity index (χ0) is 13.4. The molecule has 3 heterocycles. The Morgan fingerprint density at radius 2 is 2.26 bits per heavy atom. The number of carbonyl (C=O) groups is 1. The molecule has 2 saturated heterocycles. The molecule has 1 unspecified atom stereocenters. The van der Waals surface area contributed by atoms with Crippen LogP contribution in [0.2, 0.25) is 0 Å². The van der Waals surface area contributed by atoms with Crippen molar-refractivity contribution in [3.8, 4) is 0 Å². The van der Waals surface area contributed by atoms with Gasteiger partial charge in [0.1, 0.15) is 18.0 Å². The quantitative estimate of drug-likeness (QED) is 0.835. The Morgan fingerprint density at radius 1 is 1.42 bits per heavy atom. The van der Waals surface area contributed by atoms with Crippen LogP contribution in [0.5, 0.6) is 0 Å². The predicted molar refractivity (Wildman–Crippen MR) is 72.8 cm³/mol. The standard InChI is InChI=1S/C13H19N5O/c1-2-10-12(14)15-8-16-13(10)17-5-6-18-9(7-17)3-4-11(18)19/h8-9H,2-7H2,1H3,(H2,14,15,16). The van der Waals surface area contributed by atoms with Gasteiger partial charge in [0.15, 0.2) is 0 Å². The zero-order valence-electron chi connectivity index (χ0n) is 11.2. The Morgan fingerprint density at radius 3 is 3.05 bits per heavy atom. The summed E-state index contributed by atoms with van der Waals surface area (Å²) in [5.74, 6) is 1.80. The van der Waals surface area contributed by atoms with E-state index in [1.165, 1.54) is 6.33 Å². The lowest BCUT2D eigenvalue weighted by atomic mass is 10.1. The van der Waals surface area contributed by atoms with Crippen LogP contribution in [-0.2, 0) is 11.2 Å². The highest BCUT2D eigenvalue weighted by Crippen LogP contribution is 2.28. The summed E-state index contributed by atoms with van der Waals surface area (Å²) in [4.78, 5) is 24.4. The van der Waals surface area contributed by atoms with Gasteiger partial charge in [0.05, 0.1) is 0 Å². The molecular formula is C13H19N5O. The van der Waals surface area contributed by atoms with Gasteiger partial charge in [-0.2, -0.15) is 0 Å². The molecule has 0 radical (unpaired) electrons. The summed E-state index contributed by atoms with van der Waals surface area (Å²) in [6.07, 6.45) is 3.99. The van der Waals surface area contributed by atoms with Gasteiger partial charge in [0.2, 0.25) is 5.91 Å². The summed E-state index contributed by atoms with van der Waals surface area (Å²) < 4.78 is 0. The number of fused-ring (bicyclic) bond motifs is 1. The molecule has 1 aromatic rings. The van der Waals surface area contributed by atoms with Crippen molar-refractivity contribution in [2.24, 2.45) is 0 Å². The summed E-state index contributed by atoms with van der Waals surface area (Å²) in [6, 6.07) is 0.335. The van der Waals surface area contributed by atoms with Crippen molar-refractivity contribution in [2.45, 2.75) is 32.2 Å². The molecule has 2 aliphatic rings. The molecule has 102 valence electrons. The van der Waals surface area contributed by atoms with Gasteiger partial charge in [-0.05, 0) is 12.8 Å². The SMILES string of the molecule is CCc1c(N)ncnc1N1CCN2C(=O)CCC2C1. The Bertz CT molecular complexity index is 504. The molecule has 19 heavy (non-hydrogen) atoms. The molecule has 6 heteroatoms. The van der Waals surface area contributed by atoms with Crippen molar-refractivity contribution in [1.82, 2.24) is 14.9 Å². The molecule has 0 aromatic carbocycles. The Kier molecular flexibility index (Phi) is 3.00. The second-order valence-corrected chi connectivity index (χ2v) is 5.14. The molecular weight excluding hydrogens is 242 g/mol. The van der Waals surface area contributed by atoms with Crippen LogP contribution >= 0.6 is 0 Å². The van der Waals surface area contributed by atoms with Crippen LogP contribution in [0.25, 0.3) is 0 Å². The number of rotatable bonds is 2. The number of nitrogens with two attached hydrogens (primary N) is 1. The van der Waals surface area contributed by atoms with Gasteiger partial charge in [-0.3, -0.25) is 4.79 Å². The first-order valence-electron chi connectivity index (χ1n) is 6.84. The van der Waals surface area contributed by atoms with Gasteiger partial charge in [-0.25, -0.2) is 9.97 Å². The lowest BCUT2D eigenvalue weighted by molar-refractivity contribution is -0.129. The summed E-state index contributed by atoms with van der Waals surface area (Å²) in [5, 5.41) is 0. The topological polar surface area (TPSA) is 75.3 Å². The van der Waals surface area contributed by atoms with Gasteiger partial charge < -0.3 is 15.5 Å². The molecule has 2 N–H and O–H groups in total. The summed E-state index contributed by atoms with van der Waals surface area (Å²) >= 11 is 0. The van der Waals surface area contributed by atoms with Crippen LogP contribution in [0.3, 0.4) is 0 Å². The fraction of sp³-hybridized carbons (Fsp3) is 0.615. The first-order valence-corrected chi connectivity index (χ1v) is 6.84. The van der Waals surface area contributed by atoms with Gasteiger partial charge in [0.25, 0.3) is 0 Å². The first-order chi connectivity index (χ1) is 9.20. The van der Waals surface area contributed by atoms with Gasteiger partial charge in [-0.15, -0.1) is 0 Å². The van der Waals surface area contributed by atoms with Crippen molar-refractivity contribution in [3.05, 3.63) is 11.9 Å². The third-order valence-electron chi connectivity index (χ3n) is 4.10. The van der Waals surface area contributed by atoms with E-state index in [4.69, 9.17) is 5.73 Å². The Labute approximate surface area is 112 Å². The van der Waals surface area contributed by atoms with Crippen LogP contribution < -0.4 is 10.6 Å². The fourth-order valence-corrected chi connectivity index (χ4v) is 3.08. The van der Waals surface area contributed by atoms with E-state index in [2.05, 4.69) is 21.8 Å². The number of piperazine rings is 1. The third kappa shape index (κ3) is 2.01. The van der Waals surface area contributed by atoms with Crippen molar-refractivity contribution in [1.29, 1.82) is 0 Å². The van der Waals surface area contributed by atoms with Gasteiger partial charge >= 0.3 is 0 Å². The summed E-state index contributed by atoms with van der Waals surface area (Å²) in [6.45, 7) is 4.53. The summed E-state index contributed by atoms with van der Waals surface area (Å²) in [7, 11) is 0. The maximum atomic E-state index is 11.7. The molecule has 0 saturated carbocycles. The number of hydrogen-bond donors (Lipinski definition) is 1. The fourth-order valence-electron chi connectivity index (χ4n) is 3.08. The van der Waals surface area contributed by atoms with Crippen LogP contribution in [0, 0.1) is 0 Å². The number of nitrogens with zero attached hydrogens (tertiary/aromatic N) is 4. The first kappa shape index (κ1) is 12.2. The lowest BCUT2D eigenvalue weighted by Gasteiger charge is -2.38. The molecule has 0 bridgehead atoms. The van der Waals surface area contributed by atoms with E-state index in [9.17, 15) is 4.79 Å². The molecule has 0 aliphatic carbocycles. The number of nitrogen functional groups attached to an aromatic ring is 1. The number of aromatic nitrogens is 2. The van der Waals surface area contributed by atoms with E-state index < -0.39 is 0 Å². The van der Waals surface area contributed by atoms with Crippen LogP contribution in [-0.4, -0.2) is 46.5 Å². The third-order valence-corrected chi connectivity index (χ3v) is 4.10. The average molecular weight is 261 g/mol. The second kappa shape index (κ2) is 4.68. The maximum Gasteiger partial charge on any atom is 0.223 e. The highest BCUT2D eigenvalue weighted by atomic mass is 16.2. The molecule has 1 amide bonds. The molecule has 1 atom stereocenters. The number of anilines is 2. The van der Waals surface area contributed by atoms with Crippen LogP contribution in [0.1, 0.15) is 25.3 Å². The minimum Gasteiger partial charge on any atom is -0.383 e. The van der Waals surface area contributed by atoms with E-state index in [0.29, 0.717) is 24.2 Å². The monoisotopic (exact) mass is 261 g/mol. The highest BCUT2D eigenvalue weighted by Gasteiger charge is 2.36. The largest absolute Gasteiger partial charge is 0.383 e. The van der Waals surface area contributed by atoms with E-state index in [0.717, 1.165) is 43.9 Å². The molecule has 2 fully saturated rings. The second-order valence-electron chi connectivity index (χ2n) is 5.14. The molecule has 2 aliphatic heterocycles. The van der Waals surface area contributed by atoms with Crippen LogP contribution in [0.4, 0.5) is 11.6 Å². The Balaban J connectivity index is 1.84. The maximum absolute atomic E-state index is 11.7. The minimum absolute atomic E-state index is 0.294. The van der Waals surface area contributed by atoms with E-state index in [1.807, 2.05) is 4.90 Å². The number of amides is 1. The van der Waals surface area contributed by atoms with Gasteiger partial charge in [0, 0.05) is 37.7 Å². The number of hydrogen-bond acceptors (Lipinski definition) is 5. The molecule has 3 rings (SSSR count). The smallest absolute Gasteiger partial charge is 0.223 e. The van der Waals surface area contributed by atoms with Gasteiger partial charge in [-0.1, -0.05) is 6.92 Å².